The van der Waals surface area contributed by atoms with Crippen LogP contribution in [0, 0.1) is 18.6 Å². The molecular formula is C21H20F2N4. The highest BCUT2D eigenvalue weighted by Crippen LogP contribution is 2.26. The minimum absolute atomic E-state index is 0.443. The Hall–Kier alpha value is -3.02. The SMILES string of the molecule is Cc1cc(-c2ccccc2)nnc1N1CCN(c2ccc(F)cc2F)CC1. The van der Waals surface area contributed by atoms with Gasteiger partial charge in [-0.2, -0.15) is 0 Å². The van der Waals surface area contributed by atoms with Crippen LogP contribution in [0.2, 0.25) is 0 Å². The van der Waals surface area contributed by atoms with Gasteiger partial charge in [-0.25, -0.2) is 8.78 Å². The number of aromatic nitrogens is 2. The van der Waals surface area contributed by atoms with Crippen molar-refractivity contribution in [2.24, 2.45) is 0 Å². The van der Waals surface area contributed by atoms with Gasteiger partial charge in [-0.1, -0.05) is 30.3 Å². The summed E-state index contributed by atoms with van der Waals surface area (Å²) in [5.41, 5.74) is 3.39. The van der Waals surface area contributed by atoms with Crippen LogP contribution in [0.15, 0.2) is 54.6 Å². The van der Waals surface area contributed by atoms with Crippen molar-refractivity contribution in [2.45, 2.75) is 6.92 Å². The Labute approximate surface area is 157 Å². The van der Waals surface area contributed by atoms with Gasteiger partial charge in [0.2, 0.25) is 0 Å². The van der Waals surface area contributed by atoms with E-state index in [4.69, 9.17) is 0 Å². The van der Waals surface area contributed by atoms with Crippen LogP contribution in [-0.2, 0) is 0 Å². The Bertz CT molecular complexity index is 938. The normalized spacial score (nSPS) is 14.5. The van der Waals surface area contributed by atoms with Crippen molar-refractivity contribution in [1.29, 1.82) is 0 Å². The van der Waals surface area contributed by atoms with E-state index in [1.807, 2.05) is 48.2 Å². The molecule has 27 heavy (non-hydrogen) atoms. The van der Waals surface area contributed by atoms with Crippen molar-refractivity contribution in [1.82, 2.24) is 10.2 Å². The maximum absolute atomic E-state index is 14.0. The molecule has 3 aromatic rings. The highest BCUT2D eigenvalue weighted by atomic mass is 19.1. The summed E-state index contributed by atoms with van der Waals surface area (Å²) in [7, 11) is 0. The van der Waals surface area contributed by atoms with E-state index in [1.165, 1.54) is 12.1 Å². The molecule has 138 valence electrons. The van der Waals surface area contributed by atoms with E-state index in [2.05, 4.69) is 15.1 Å². The summed E-state index contributed by atoms with van der Waals surface area (Å²) >= 11 is 0. The second kappa shape index (κ2) is 7.31. The van der Waals surface area contributed by atoms with Gasteiger partial charge in [-0.15, -0.1) is 10.2 Å². The van der Waals surface area contributed by atoms with Crippen LogP contribution >= 0.6 is 0 Å². The average molecular weight is 366 g/mol. The van der Waals surface area contributed by atoms with Gasteiger partial charge in [0.15, 0.2) is 5.82 Å². The molecule has 0 radical (unpaired) electrons. The lowest BCUT2D eigenvalue weighted by Gasteiger charge is -2.37. The molecule has 0 aliphatic carbocycles. The van der Waals surface area contributed by atoms with E-state index in [-0.39, 0.29) is 0 Å². The van der Waals surface area contributed by atoms with Gasteiger partial charge in [-0.05, 0) is 30.7 Å². The molecule has 1 fully saturated rings. The van der Waals surface area contributed by atoms with Crippen LogP contribution in [0.5, 0.6) is 0 Å². The first kappa shape index (κ1) is 17.4. The van der Waals surface area contributed by atoms with Gasteiger partial charge >= 0.3 is 0 Å². The van der Waals surface area contributed by atoms with E-state index in [0.29, 0.717) is 31.9 Å². The molecule has 4 nitrogen and oxygen atoms in total. The number of nitrogens with zero attached hydrogens (tertiary/aromatic N) is 4. The monoisotopic (exact) mass is 366 g/mol. The van der Waals surface area contributed by atoms with Crippen molar-refractivity contribution >= 4 is 11.5 Å². The molecular weight excluding hydrogens is 346 g/mol. The summed E-state index contributed by atoms with van der Waals surface area (Å²) in [4.78, 5) is 4.10. The first-order valence-corrected chi connectivity index (χ1v) is 8.96. The maximum atomic E-state index is 14.0. The lowest BCUT2D eigenvalue weighted by atomic mass is 10.1. The molecule has 1 aliphatic heterocycles. The number of hydrogen-bond acceptors (Lipinski definition) is 4. The molecule has 1 saturated heterocycles. The summed E-state index contributed by atoms with van der Waals surface area (Å²) < 4.78 is 27.1. The fourth-order valence-electron chi connectivity index (χ4n) is 3.44. The zero-order chi connectivity index (χ0) is 18.8. The average Bonchev–Trinajstić information content (AvgIpc) is 2.69. The molecule has 0 bridgehead atoms. The number of anilines is 2. The Morgan fingerprint density at radius 3 is 2.19 bits per heavy atom. The van der Waals surface area contributed by atoms with Crippen molar-refractivity contribution < 1.29 is 8.78 Å². The molecule has 0 atom stereocenters. The van der Waals surface area contributed by atoms with Crippen LogP contribution < -0.4 is 9.80 Å². The van der Waals surface area contributed by atoms with Crippen LogP contribution in [0.1, 0.15) is 5.56 Å². The number of hydrogen-bond donors (Lipinski definition) is 0. The van der Waals surface area contributed by atoms with Gasteiger partial charge in [0.1, 0.15) is 11.6 Å². The number of piperazine rings is 1. The van der Waals surface area contributed by atoms with E-state index in [9.17, 15) is 8.78 Å². The van der Waals surface area contributed by atoms with E-state index in [0.717, 1.165) is 28.7 Å². The third-order valence-corrected chi connectivity index (χ3v) is 4.86. The van der Waals surface area contributed by atoms with Gasteiger partial charge in [0.05, 0.1) is 11.4 Å². The standard InChI is InChI=1S/C21H20F2N4/c1-15-13-19(16-5-3-2-4-6-16)24-25-21(15)27-11-9-26(10-12-27)20-8-7-17(22)14-18(20)23/h2-8,13-14H,9-12H2,1H3. The molecule has 1 aliphatic rings. The fraction of sp³-hybridized carbons (Fsp3) is 0.238. The zero-order valence-corrected chi connectivity index (χ0v) is 15.1. The molecule has 0 amide bonds. The number of benzene rings is 2. The van der Waals surface area contributed by atoms with Crippen LogP contribution in [0.25, 0.3) is 11.3 Å². The predicted octanol–water partition coefficient (Wildman–Crippen LogP) is 4.06. The Kier molecular flexibility index (Phi) is 4.71. The smallest absolute Gasteiger partial charge is 0.154 e. The molecule has 2 aromatic carbocycles. The summed E-state index contributed by atoms with van der Waals surface area (Å²) in [6.45, 7) is 4.73. The van der Waals surface area contributed by atoms with Crippen molar-refractivity contribution in [3.05, 3.63) is 71.8 Å². The maximum Gasteiger partial charge on any atom is 0.154 e. The van der Waals surface area contributed by atoms with Crippen LogP contribution in [0.4, 0.5) is 20.3 Å². The number of aryl methyl sites for hydroxylation is 1. The van der Waals surface area contributed by atoms with Crippen molar-refractivity contribution in [2.75, 3.05) is 36.0 Å². The molecule has 4 rings (SSSR count). The minimum atomic E-state index is -0.556. The molecule has 1 aromatic heterocycles. The van der Waals surface area contributed by atoms with E-state index in [1.54, 1.807) is 0 Å². The number of halogens is 2. The highest BCUT2D eigenvalue weighted by Gasteiger charge is 2.22. The van der Waals surface area contributed by atoms with Crippen molar-refractivity contribution in [3.8, 4) is 11.3 Å². The second-order valence-electron chi connectivity index (χ2n) is 6.67. The van der Waals surface area contributed by atoms with Crippen molar-refractivity contribution in [3.63, 3.8) is 0 Å². The predicted molar refractivity (Wildman–Crippen MR) is 103 cm³/mol. The van der Waals surface area contributed by atoms with Gasteiger partial charge < -0.3 is 9.80 Å². The quantitative estimate of drug-likeness (QED) is 0.700. The summed E-state index contributed by atoms with van der Waals surface area (Å²) in [6.07, 6.45) is 0. The molecule has 6 heteroatoms. The largest absolute Gasteiger partial charge is 0.366 e. The molecule has 0 N–H and O–H groups in total. The lowest BCUT2D eigenvalue weighted by molar-refractivity contribution is 0.569. The topological polar surface area (TPSA) is 32.3 Å². The van der Waals surface area contributed by atoms with Gasteiger partial charge in [0.25, 0.3) is 0 Å². The minimum Gasteiger partial charge on any atom is -0.366 e. The van der Waals surface area contributed by atoms with Gasteiger partial charge in [-0.3, -0.25) is 0 Å². The second-order valence-corrected chi connectivity index (χ2v) is 6.67. The molecule has 2 heterocycles. The van der Waals surface area contributed by atoms with Crippen LogP contribution in [-0.4, -0.2) is 36.4 Å². The Morgan fingerprint density at radius 1 is 0.815 bits per heavy atom. The number of rotatable bonds is 3. The lowest BCUT2D eigenvalue weighted by Crippen LogP contribution is -2.47. The third-order valence-electron chi connectivity index (χ3n) is 4.86. The Balaban J connectivity index is 1.48. The molecule has 0 spiro atoms. The van der Waals surface area contributed by atoms with E-state index >= 15 is 0 Å². The first-order valence-electron chi connectivity index (χ1n) is 8.96. The zero-order valence-electron chi connectivity index (χ0n) is 15.1. The van der Waals surface area contributed by atoms with Gasteiger partial charge in [0, 0.05) is 37.8 Å². The summed E-state index contributed by atoms with van der Waals surface area (Å²) in [6, 6.07) is 15.7. The van der Waals surface area contributed by atoms with Crippen LogP contribution in [0.3, 0.4) is 0 Å². The first-order chi connectivity index (χ1) is 13.1. The third kappa shape index (κ3) is 3.60. The highest BCUT2D eigenvalue weighted by molar-refractivity contribution is 5.62. The fourth-order valence-corrected chi connectivity index (χ4v) is 3.44. The molecule has 0 saturated carbocycles. The molecule has 0 unspecified atom stereocenters. The summed E-state index contributed by atoms with van der Waals surface area (Å²) in [5, 5.41) is 8.82. The summed E-state index contributed by atoms with van der Waals surface area (Å²) in [5.74, 6) is -0.222. The Morgan fingerprint density at radius 2 is 1.52 bits per heavy atom. The van der Waals surface area contributed by atoms with E-state index < -0.39 is 11.6 Å².